The second kappa shape index (κ2) is 5.98. The Hall–Kier alpha value is -1.45. The summed E-state index contributed by atoms with van der Waals surface area (Å²) < 4.78 is 34.5. The van der Waals surface area contributed by atoms with Gasteiger partial charge in [-0.1, -0.05) is 0 Å². The molecule has 0 N–H and O–H groups in total. The lowest BCUT2D eigenvalue weighted by molar-refractivity contribution is 0.214. The average Bonchev–Trinajstić information content (AvgIpc) is 3.11. The van der Waals surface area contributed by atoms with Gasteiger partial charge in [-0.2, -0.15) is 9.40 Å². The number of hydrogen-bond donors (Lipinski definition) is 0. The number of pyridine rings is 1. The molecule has 3 heterocycles. The van der Waals surface area contributed by atoms with Gasteiger partial charge in [0.1, 0.15) is 16.7 Å². The molecule has 0 amide bonds. The quantitative estimate of drug-likeness (QED) is 0.793. The molecule has 9 heteroatoms. The normalized spacial score (nSPS) is 19.5. The Kier molecular flexibility index (Phi) is 4.20. The SMILES string of the molecule is Cn1cc(S(=O)(=O)N2CCC(Oc3ccncc3Br)C2)cn1. The van der Waals surface area contributed by atoms with Crippen LogP contribution in [0.4, 0.5) is 0 Å². The van der Waals surface area contributed by atoms with E-state index in [1.165, 1.54) is 21.4 Å². The van der Waals surface area contributed by atoms with E-state index in [0.29, 0.717) is 25.3 Å². The Morgan fingerprint density at radius 2 is 2.23 bits per heavy atom. The van der Waals surface area contributed by atoms with Crippen molar-refractivity contribution < 1.29 is 13.2 Å². The Bertz CT molecular complexity index is 777. The number of rotatable bonds is 4. The van der Waals surface area contributed by atoms with Crippen LogP contribution in [-0.2, 0) is 17.1 Å². The van der Waals surface area contributed by atoms with Crippen molar-refractivity contribution >= 4 is 26.0 Å². The van der Waals surface area contributed by atoms with Crippen LogP contribution in [0.15, 0.2) is 40.2 Å². The molecule has 0 spiro atoms. The molecule has 0 aliphatic carbocycles. The average molecular weight is 387 g/mol. The fourth-order valence-corrected chi connectivity index (χ4v) is 4.15. The van der Waals surface area contributed by atoms with Crippen molar-refractivity contribution in [1.82, 2.24) is 19.1 Å². The van der Waals surface area contributed by atoms with Crippen LogP contribution in [0.25, 0.3) is 0 Å². The first-order valence-corrected chi connectivity index (χ1v) is 8.95. The minimum atomic E-state index is -3.51. The lowest BCUT2D eigenvalue weighted by Crippen LogP contribution is -2.30. The molecule has 0 aromatic carbocycles. The van der Waals surface area contributed by atoms with E-state index in [1.807, 2.05) is 0 Å². The van der Waals surface area contributed by atoms with Gasteiger partial charge in [0.05, 0.1) is 17.2 Å². The molecule has 7 nitrogen and oxygen atoms in total. The highest BCUT2D eigenvalue weighted by Crippen LogP contribution is 2.28. The van der Waals surface area contributed by atoms with Crippen molar-refractivity contribution in [2.75, 3.05) is 13.1 Å². The van der Waals surface area contributed by atoms with E-state index in [9.17, 15) is 8.42 Å². The van der Waals surface area contributed by atoms with Crippen LogP contribution in [0.5, 0.6) is 5.75 Å². The molecular weight excluding hydrogens is 372 g/mol. The number of ether oxygens (including phenoxy) is 1. The van der Waals surface area contributed by atoms with E-state index in [4.69, 9.17) is 4.74 Å². The zero-order chi connectivity index (χ0) is 15.7. The first-order chi connectivity index (χ1) is 10.5. The molecule has 118 valence electrons. The van der Waals surface area contributed by atoms with Gasteiger partial charge in [-0.25, -0.2) is 8.42 Å². The number of aromatic nitrogens is 3. The van der Waals surface area contributed by atoms with Crippen LogP contribution in [-0.4, -0.2) is 46.7 Å². The third-order valence-corrected chi connectivity index (χ3v) is 5.87. The zero-order valence-electron chi connectivity index (χ0n) is 11.9. The summed E-state index contributed by atoms with van der Waals surface area (Å²) in [7, 11) is -1.82. The van der Waals surface area contributed by atoms with Gasteiger partial charge in [-0.3, -0.25) is 9.67 Å². The van der Waals surface area contributed by atoms with Crippen LogP contribution >= 0.6 is 15.9 Å². The van der Waals surface area contributed by atoms with Gasteiger partial charge < -0.3 is 4.74 Å². The fourth-order valence-electron chi connectivity index (χ4n) is 2.33. The van der Waals surface area contributed by atoms with E-state index in [1.54, 1.807) is 25.5 Å². The van der Waals surface area contributed by atoms with Gasteiger partial charge in [0, 0.05) is 32.2 Å². The lowest BCUT2D eigenvalue weighted by atomic mass is 10.3. The topological polar surface area (TPSA) is 77.3 Å². The Morgan fingerprint density at radius 1 is 1.41 bits per heavy atom. The van der Waals surface area contributed by atoms with Gasteiger partial charge >= 0.3 is 0 Å². The summed E-state index contributed by atoms with van der Waals surface area (Å²) in [5.74, 6) is 0.667. The van der Waals surface area contributed by atoms with Crippen molar-refractivity contribution in [3.63, 3.8) is 0 Å². The van der Waals surface area contributed by atoms with Crippen LogP contribution in [0.3, 0.4) is 0 Å². The highest BCUT2D eigenvalue weighted by molar-refractivity contribution is 9.10. The highest BCUT2D eigenvalue weighted by Gasteiger charge is 2.34. The smallest absolute Gasteiger partial charge is 0.246 e. The molecule has 1 fully saturated rings. The molecule has 1 saturated heterocycles. The van der Waals surface area contributed by atoms with Crippen molar-refractivity contribution in [1.29, 1.82) is 0 Å². The predicted octanol–water partition coefficient (Wildman–Crippen LogP) is 1.42. The maximum atomic E-state index is 12.5. The molecule has 0 saturated carbocycles. The molecule has 1 atom stereocenters. The Labute approximate surface area is 137 Å². The molecule has 22 heavy (non-hydrogen) atoms. The van der Waals surface area contributed by atoms with E-state index >= 15 is 0 Å². The molecular formula is C13H15BrN4O3S. The number of aryl methyl sites for hydroxylation is 1. The molecule has 0 bridgehead atoms. The second-order valence-corrected chi connectivity index (χ2v) is 7.84. The summed E-state index contributed by atoms with van der Waals surface area (Å²) in [5.41, 5.74) is 0. The van der Waals surface area contributed by atoms with Gasteiger partial charge in [-0.15, -0.1) is 0 Å². The molecule has 0 radical (unpaired) electrons. The lowest BCUT2D eigenvalue weighted by Gasteiger charge is -2.16. The first kappa shape index (κ1) is 15.4. The summed E-state index contributed by atoms with van der Waals surface area (Å²) in [6.45, 7) is 0.761. The van der Waals surface area contributed by atoms with Crippen LogP contribution in [0.1, 0.15) is 6.42 Å². The maximum Gasteiger partial charge on any atom is 0.246 e. The van der Waals surface area contributed by atoms with Crippen LogP contribution in [0.2, 0.25) is 0 Å². The number of halogens is 1. The summed E-state index contributed by atoms with van der Waals surface area (Å²) in [6, 6.07) is 1.75. The third-order valence-electron chi connectivity index (χ3n) is 3.46. The summed E-state index contributed by atoms with van der Waals surface area (Å²) >= 11 is 3.37. The van der Waals surface area contributed by atoms with E-state index < -0.39 is 10.0 Å². The molecule has 2 aromatic heterocycles. The van der Waals surface area contributed by atoms with Crippen molar-refractivity contribution in [3.8, 4) is 5.75 Å². The minimum absolute atomic E-state index is 0.176. The number of sulfonamides is 1. The maximum absolute atomic E-state index is 12.5. The summed E-state index contributed by atoms with van der Waals surface area (Å²) in [4.78, 5) is 4.18. The van der Waals surface area contributed by atoms with Gasteiger partial charge in [0.15, 0.2) is 0 Å². The fraction of sp³-hybridized carbons (Fsp3) is 0.385. The molecule has 1 unspecified atom stereocenters. The third kappa shape index (κ3) is 3.01. The summed E-state index contributed by atoms with van der Waals surface area (Å²) in [5, 5.41) is 3.92. The first-order valence-electron chi connectivity index (χ1n) is 6.72. The number of nitrogens with zero attached hydrogens (tertiary/aromatic N) is 4. The van der Waals surface area contributed by atoms with Crippen molar-refractivity contribution in [2.45, 2.75) is 17.4 Å². The van der Waals surface area contributed by atoms with Gasteiger partial charge in [-0.05, 0) is 28.4 Å². The predicted molar refractivity (Wildman–Crippen MR) is 82.9 cm³/mol. The van der Waals surface area contributed by atoms with Gasteiger partial charge in [0.2, 0.25) is 10.0 Å². The molecule has 1 aliphatic rings. The van der Waals surface area contributed by atoms with Crippen LogP contribution in [0, 0.1) is 0 Å². The zero-order valence-corrected chi connectivity index (χ0v) is 14.3. The van der Waals surface area contributed by atoms with Crippen molar-refractivity contribution in [3.05, 3.63) is 35.3 Å². The minimum Gasteiger partial charge on any atom is -0.488 e. The van der Waals surface area contributed by atoms with Crippen molar-refractivity contribution in [2.24, 2.45) is 7.05 Å². The van der Waals surface area contributed by atoms with E-state index in [0.717, 1.165) is 4.47 Å². The molecule has 2 aromatic rings. The number of hydrogen-bond acceptors (Lipinski definition) is 5. The molecule has 1 aliphatic heterocycles. The monoisotopic (exact) mass is 386 g/mol. The van der Waals surface area contributed by atoms with Crippen LogP contribution < -0.4 is 4.74 Å². The molecule has 3 rings (SSSR count). The van der Waals surface area contributed by atoms with E-state index in [-0.39, 0.29) is 11.0 Å². The van der Waals surface area contributed by atoms with Gasteiger partial charge in [0.25, 0.3) is 0 Å². The highest BCUT2D eigenvalue weighted by atomic mass is 79.9. The largest absolute Gasteiger partial charge is 0.488 e. The summed E-state index contributed by atoms with van der Waals surface area (Å²) in [6.07, 6.45) is 6.62. The Balaban J connectivity index is 1.71. The van der Waals surface area contributed by atoms with E-state index in [2.05, 4.69) is 26.0 Å². The Morgan fingerprint density at radius 3 is 2.91 bits per heavy atom. The second-order valence-electron chi connectivity index (χ2n) is 5.05. The standard InChI is InChI=1S/C13H15BrN4O3S/c1-17-9-11(6-16-17)22(19,20)18-5-3-10(8-18)21-13-2-4-15-7-12(13)14/h2,4,6-7,9-10H,3,5,8H2,1H3.